The molecule has 4 aromatic rings. The number of carboxylic acids is 1. The normalized spacial score (nSPS) is 14.1. The molecular formula is C32H35N7O4. The number of rotatable bonds is 10. The van der Waals surface area contributed by atoms with E-state index in [1.807, 2.05) is 12.1 Å². The molecule has 1 saturated carbocycles. The van der Waals surface area contributed by atoms with E-state index in [0.717, 1.165) is 16.7 Å². The first-order valence-electron chi connectivity index (χ1n) is 14.5. The molecule has 0 radical (unpaired) electrons. The van der Waals surface area contributed by atoms with E-state index in [4.69, 9.17) is 5.11 Å². The van der Waals surface area contributed by atoms with E-state index in [2.05, 4.69) is 55.6 Å². The molecule has 1 fully saturated rings. The second kappa shape index (κ2) is 13.7. The molecule has 11 heteroatoms. The van der Waals surface area contributed by atoms with Crippen LogP contribution in [0.25, 0.3) is 11.4 Å². The van der Waals surface area contributed by atoms with E-state index in [1.165, 1.54) is 42.5 Å². The van der Waals surface area contributed by atoms with Gasteiger partial charge in [-0.2, -0.15) is 4.80 Å². The minimum absolute atomic E-state index is 0.0434. The lowest BCUT2D eigenvalue weighted by Gasteiger charge is -2.24. The summed E-state index contributed by atoms with van der Waals surface area (Å²) < 4.78 is 0. The topological polar surface area (TPSA) is 151 Å². The average Bonchev–Trinajstić information content (AvgIpc) is 3.47. The first kappa shape index (κ1) is 29.4. The lowest BCUT2D eigenvalue weighted by molar-refractivity contribution is -0.136. The molecule has 0 bridgehead atoms. The number of carbonyl (C=O) groups is 3. The molecule has 1 aliphatic carbocycles. The van der Waals surface area contributed by atoms with Crippen molar-refractivity contribution in [2.45, 2.75) is 50.5 Å². The maximum atomic E-state index is 13.3. The van der Waals surface area contributed by atoms with Crippen molar-refractivity contribution in [3.8, 4) is 11.4 Å². The molecule has 1 aliphatic rings. The van der Waals surface area contributed by atoms with E-state index in [9.17, 15) is 14.4 Å². The molecule has 43 heavy (non-hydrogen) atoms. The minimum atomic E-state index is -0.977. The summed E-state index contributed by atoms with van der Waals surface area (Å²) in [6, 6.07) is 21.7. The van der Waals surface area contributed by atoms with E-state index in [1.54, 1.807) is 43.4 Å². The fourth-order valence-electron chi connectivity index (χ4n) is 5.40. The van der Waals surface area contributed by atoms with Gasteiger partial charge >= 0.3 is 12.0 Å². The SMILES string of the molecule is Cn1nnc(-c2cccc(NC(=O)NC(c3ccc(C(=O)NCCC(=O)O)cc3)c3ccc(C4CCCCC4)cc3)c2)n1. The third-order valence-corrected chi connectivity index (χ3v) is 7.64. The van der Waals surface area contributed by atoms with Gasteiger partial charge in [0.25, 0.3) is 5.91 Å². The fourth-order valence-corrected chi connectivity index (χ4v) is 5.40. The van der Waals surface area contributed by atoms with Crippen LogP contribution in [0, 0.1) is 0 Å². The highest BCUT2D eigenvalue weighted by Gasteiger charge is 2.20. The number of nitrogens with zero attached hydrogens (tertiary/aromatic N) is 4. The van der Waals surface area contributed by atoms with Gasteiger partial charge in [0.15, 0.2) is 0 Å². The van der Waals surface area contributed by atoms with Crippen LogP contribution in [-0.2, 0) is 11.8 Å². The number of hydrogen-bond acceptors (Lipinski definition) is 6. The molecule has 3 aromatic carbocycles. The van der Waals surface area contributed by atoms with Crippen LogP contribution in [0.3, 0.4) is 0 Å². The highest BCUT2D eigenvalue weighted by Crippen LogP contribution is 2.33. The second-order valence-corrected chi connectivity index (χ2v) is 10.7. The molecule has 1 aromatic heterocycles. The Morgan fingerprint density at radius 2 is 1.65 bits per heavy atom. The van der Waals surface area contributed by atoms with Gasteiger partial charge in [-0.25, -0.2) is 4.79 Å². The van der Waals surface area contributed by atoms with Crippen LogP contribution in [0.2, 0.25) is 0 Å². The first-order valence-corrected chi connectivity index (χ1v) is 14.5. The van der Waals surface area contributed by atoms with Crippen molar-refractivity contribution < 1.29 is 19.5 Å². The molecular weight excluding hydrogens is 546 g/mol. The molecule has 0 aliphatic heterocycles. The summed E-state index contributed by atoms with van der Waals surface area (Å²) in [5, 5.41) is 29.6. The number of tetrazole rings is 1. The number of urea groups is 1. The van der Waals surface area contributed by atoms with Crippen molar-refractivity contribution in [3.63, 3.8) is 0 Å². The van der Waals surface area contributed by atoms with Crippen LogP contribution >= 0.6 is 0 Å². The van der Waals surface area contributed by atoms with Gasteiger partial charge in [-0.15, -0.1) is 10.2 Å². The fraction of sp³-hybridized carbons (Fsp3) is 0.312. The number of aryl methyl sites for hydroxylation is 1. The number of anilines is 1. The number of carbonyl (C=O) groups excluding carboxylic acids is 2. The van der Waals surface area contributed by atoms with Crippen molar-refractivity contribution >= 4 is 23.6 Å². The summed E-state index contributed by atoms with van der Waals surface area (Å²) in [6.45, 7) is 0.0434. The van der Waals surface area contributed by atoms with Gasteiger partial charge in [-0.05, 0) is 64.9 Å². The molecule has 4 N–H and O–H groups in total. The van der Waals surface area contributed by atoms with Crippen LogP contribution in [0.1, 0.15) is 77.5 Å². The van der Waals surface area contributed by atoms with Crippen molar-refractivity contribution in [2.24, 2.45) is 7.05 Å². The number of amides is 3. The molecule has 3 amide bonds. The standard InChI is InChI=1S/C32H35N7O4/c1-39-37-30(36-38-39)26-8-5-9-27(20-26)34-32(43)35-29(23-12-10-22(11-13-23)21-6-3-2-4-7-21)24-14-16-25(17-15-24)31(42)33-19-18-28(40)41/h5,8-17,20-21,29H,2-4,6-7,18-19H2,1H3,(H,33,42)(H,40,41)(H2,34,35,43). The van der Waals surface area contributed by atoms with Gasteiger partial charge in [0.2, 0.25) is 5.82 Å². The smallest absolute Gasteiger partial charge is 0.319 e. The van der Waals surface area contributed by atoms with E-state index < -0.39 is 18.0 Å². The quantitative estimate of drug-likeness (QED) is 0.205. The summed E-state index contributed by atoms with van der Waals surface area (Å²) in [4.78, 5) is 37.9. The lowest BCUT2D eigenvalue weighted by Crippen LogP contribution is -2.33. The molecule has 1 unspecified atom stereocenters. The van der Waals surface area contributed by atoms with Gasteiger partial charge in [0, 0.05) is 23.4 Å². The largest absolute Gasteiger partial charge is 0.481 e. The minimum Gasteiger partial charge on any atom is -0.481 e. The van der Waals surface area contributed by atoms with Crippen LogP contribution in [0.5, 0.6) is 0 Å². The van der Waals surface area contributed by atoms with Crippen LogP contribution < -0.4 is 16.0 Å². The maximum Gasteiger partial charge on any atom is 0.319 e. The predicted octanol–water partition coefficient (Wildman–Crippen LogP) is 5.04. The molecule has 222 valence electrons. The summed E-state index contributed by atoms with van der Waals surface area (Å²) in [5.74, 6) is -0.319. The average molecular weight is 582 g/mol. The zero-order chi connectivity index (χ0) is 30.2. The molecule has 0 saturated heterocycles. The van der Waals surface area contributed by atoms with Crippen LogP contribution in [-0.4, -0.2) is 49.8 Å². The Kier molecular flexibility index (Phi) is 9.40. The van der Waals surface area contributed by atoms with E-state index in [-0.39, 0.29) is 18.9 Å². The van der Waals surface area contributed by atoms with Gasteiger partial charge in [0.1, 0.15) is 0 Å². The Morgan fingerprint density at radius 1 is 0.953 bits per heavy atom. The zero-order valence-corrected chi connectivity index (χ0v) is 24.0. The van der Waals surface area contributed by atoms with Crippen molar-refractivity contribution in [3.05, 3.63) is 95.1 Å². The number of aromatic nitrogens is 4. The number of nitrogens with one attached hydrogen (secondary N) is 3. The molecule has 1 atom stereocenters. The van der Waals surface area contributed by atoms with Gasteiger partial charge in [-0.1, -0.05) is 67.8 Å². The first-order chi connectivity index (χ1) is 20.9. The van der Waals surface area contributed by atoms with Crippen LogP contribution in [0.4, 0.5) is 10.5 Å². The number of aliphatic carboxylic acids is 1. The number of carboxylic acid groups (broad SMARTS) is 1. The summed E-state index contributed by atoms with van der Waals surface area (Å²) in [6.07, 6.45) is 6.04. The van der Waals surface area contributed by atoms with Gasteiger partial charge in [-0.3, -0.25) is 9.59 Å². The highest BCUT2D eigenvalue weighted by molar-refractivity contribution is 5.94. The third-order valence-electron chi connectivity index (χ3n) is 7.64. The Bertz CT molecular complexity index is 1560. The Hall–Kier alpha value is -5.06. The summed E-state index contributed by atoms with van der Waals surface area (Å²) in [7, 11) is 1.69. The van der Waals surface area contributed by atoms with Crippen LogP contribution in [0.15, 0.2) is 72.8 Å². The second-order valence-electron chi connectivity index (χ2n) is 10.7. The summed E-state index contributed by atoms with van der Waals surface area (Å²) >= 11 is 0. The molecule has 1 heterocycles. The highest BCUT2D eigenvalue weighted by atomic mass is 16.4. The predicted molar refractivity (Wildman–Crippen MR) is 162 cm³/mol. The van der Waals surface area contributed by atoms with E-state index in [0.29, 0.717) is 23.0 Å². The van der Waals surface area contributed by atoms with Crippen molar-refractivity contribution in [1.82, 2.24) is 30.8 Å². The molecule has 0 spiro atoms. The maximum absolute atomic E-state index is 13.3. The van der Waals surface area contributed by atoms with Crippen molar-refractivity contribution in [1.29, 1.82) is 0 Å². The third kappa shape index (κ3) is 7.82. The van der Waals surface area contributed by atoms with Gasteiger partial charge < -0.3 is 21.1 Å². The molecule has 5 rings (SSSR count). The number of benzene rings is 3. The number of hydrogen-bond donors (Lipinski definition) is 4. The Morgan fingerprint density at radius 3 is 2.30 bits per heavy atom. The Balaban J connectivity index is 1.34. The molecule has 11 nitrogen and oxygen atoms in total. The van der Waals surface area contributed by atoms with Gasteiger partial charge in [0.05, 0.1) is 19.5 Å². The lowest BCUT2D eigenvalue weighted by atomic mass is 9.83. The van der Waals surface area contributed by atoms with Crippen molar-refractivity contribution in [2.75, 3.05) is 11.9 Å². The van der Waals surface area contributed by atoms with E-state index >= 15 is 0 Å². The Labute approximate surface area is 249 Å². The summed E-state index contributed by atoms with van der Waals surface area (Å²) in [5.41, 5.74) is 4.71. The monoisotopic (exact) mass is 581 g/mol. The zero-order valence-electron chi connectivity index (χ0n) is 24.0.